The largest absolute Gasteiger partial charge is 0.489 e. The third-order valence-electron chi connectivity index (χ3n) is 6.49. The van der Waals surface area contributed by atoms with Crippen molar-refractivity contribution in [1.82, 2.24) is 4.98 Å². The van der Waals surface area contributed by atoms with E-state index in [-0.39, 0.29) is 17.9 Å². The second-order valence-corrected chi connectivity index (χ2v) is 8.89. The van der Waals surface area contributed by atoms with Crippen molar-refractivity contribution in [3.8, 4) is 5.75 Å². The van der Waals surface area contributed by atoms with E-state index in [0.29, 0.717) is 48.7 Å². The smallest absolute Gasteiger partial charge is 0.230 e. The van der Waals surface area contributed by atoms with E-state index in [4.69, 9.17) is 20.3 Å². The number of aromatic nitrogens is 1. The molecule has 2 aromatic rings. The maximum absolute atomic E-state index is 13.4. The Morgan fingerprint density at radius 2 is 2.06 bits per heavy atom. The monoisotopic (exact) mass is 434 g/mol. The summed E-state index contributed by atoms with van der Waals surface area (Å²) in [6.45, 7) is 3.17. The molecule has 32 heavy (non-hydrogen) atoms. The molecule has 1 aliphatic carbocycles. The number of carbonyl (C=O) groups is 1. The number of nitrogens with one attached hydrogen (secondary N) is 3. The van der Waals surface area contributed by atoms with Crippen LogP contribution >= 0.6 is 0 Å². The van der Waals surface area contributed by atoms with E-state index in [1.165, 1.54) is 0 Å². The van der Waals surface area contributed by atoms with Crippen LogP contribution in [0.2, 0.25) is 0 Å². The van der Waals surface area contributed by atoms with Crippen molar-refractivity contribution in [2.75, 3.05) is 18.5 Å². The molecule has 1 saturated carbocycles. The second kappa shape index (κ2) is 9.61. The van der Waals surface area contributed by atoms with Gasteiger partial charge in [0.2, 0.25) is 5.91 Å². The first-order valence-corrected chi connectivity index (χ1v) is 11.2. The van der Waals surface area contributed by atoms with Crippen molar-refractivity contribution < 1.29 is 14.3 Å². The molecule has 1 saturated heterocycles. The van der Waals surface area contributed by atoms with Crippen LogP contribution in [0.1, 0.15) is 44.6 Å². The van der Waals surface area contributed by atoms with E-state index in [2.05, 4.69) is 10.3 Å². The van der Waals surface area contributed by atoms with Crippen LogP contribution in [0.3, 0.4) is 0 Å². The minimum absolute atomic E-state index is 0.0978. The van der Waals surface area contributed by atoms with E-state index in [1.807, 2.05) is 31.2 Å². The summed E-state index contributed by atoms with van der Waals surface area (Å²) in [6.07, 6.45) is 6.94. The number of pyridine rings is 1. The Balaban J connectivity index is 1.45. The third kappa shape index (κ3) is 4.88. The summed E-state index contributed by atoms with van der Waals surface area (Å²) in [5.74, 6) is 0.142. The number of nitrogens with zero attached hydrogens (tertiary/aromatic N) is 1. The van der Waals surface area contributed by atoms with Gasteiger partial charge < -0.3 is 25.6 Å². The molecule has 3 atom stereocenters. The molecule has 0 bridgehead atoms. The lowest BCUT2D eigenvalue weighted by atomic mass is 9.67. The average molecular weight is 435 g/mol. The van der Waals surface area contributed by atoms with Gasteiger partial charge in [0.25, 0.3) is 0 Å². The van der Waals surface area contributed by atoms with Gasteiger partial charge in [-0.1, -0.05) is 19.1 Å². The van der Waals surface area contributed by atoms with Crippen LogP contribution in [0.15, 0.2) is 48.8 Å². The van der Waals surface area contributed by atoms with Crippen LogP contribution in [-0.4, -0.2) is 41.6 Å². The summed E-state index contributed by atoms with van der Waals surface area (Å²) < 4.78 is 11.6. The van der Waals surface area contributed by atoms with Gasteiger partial charge in [0, 0.05) is 41.8 Å². The van der Waals surface area contributed by atoms with E-state index in [0.717, 1.165) is 25.0 Å². The van der Waals surface area contributed by atoms with Crippen LogP contribution in [0.5, 0.6) is 5.75 Å². The first-order chi connectivity index (χ1) is 15.5. The first-order valence-electron chi connectivity index (χ1n) is 11.2. The van der Waals surface area contributed by atoms with Crippen LogP contribution < -0.4 is 10.1 Å². The lowest BCUT2D eigenvalue weighted by Crippen LogP contribution is -2.43. The molecule has 1 aromatic carbocycles. The fourth-order valence-electron chi connectivity index (χ4n) is 4.40. The summed E-state index contributed by atoms with van der Waals surface area (Å²) in [5.41, 5.74) is 1.58. The summed E-state index contributed by atoms with van der Waals surface area (Å²) in [5, 5.41) is 20.1. The van der Waals surface area contributed by atoms with Crippen LogP contribution in [-0.2, 0) is 9.53 Å². The number of anilines is 1. The highest BCUT2D eigenvalue weighted by molar-refractivity contribution is 6.14. The lowest BCUT2D eigenvalue weighted by Gasteiger charge is -2.37. The van der Waals surface area contributed by atoms with Gasteiger partial charge in [-0.25, -0.2) is 0 Å². The molecule has 2 fully saturated rings. The van der Waals surface area contributed by atoms with Crippen molar-refractivity contribution in [2.24, 2.45) is 11.3 Å². The molecule has 3 unspecified atom stereocenters. The molecule has 2 aliphatic rings. The number of carbonyl (C=O) groups excluding carboxylic acids is 1. The molecular weight excluding hydrogens is 404 g/mol. The predicted molar refractivity (Wildman–Crippen MR) is 124 cm³/mol. The topological polar surface area (TPSA) is 108 Å². The molecule has 0 radical (unpaired) electrons. The summed E-state index contributed by atoms with van der Waals surface area (Å²) in [6, 6.07) is 11.0. The average Bonchev–Trinajstić information content (AvgIpc) is 3.34. The standard InChI is InChI=1S/C25H30N4O3/c1-25(11-8-20(26)19(15-25)23(27)17-9-12-28-13-10-17)24(30)29-21-6-2-3-7-22(21)32-16-18-5-4-14-31-18/h2-3,6-7,9-10,12-13,18-19,26-27H,4-5,8,11,14-16H2,1H3,(H,29,30). The highest BCUT2D eigenvalue weighted by atomic mass is 16.5. The minimum atomic E-state index is -0.684. The van der Waals surface area contributed by atoms with Crippen molar-refractivity contribution >= 4 is 23.0 Å². The van der Waals surface area contributed by atoms with Gasteiger partial charge in [0.15, 0.2) is 0 Å². The Labute approximate surface area is 188 Å². The zero-order valence-corrected chi connectivity index (χ0v) is 18.4. The Kier molecular flexibility index (Phi) is 6.65. The summed E-state index contributed by atoms with van der Waals surface area (Å²) in [4.78, 5) is 17.4. The summed E-state index contributed by atoms with van der Waals surface area (Å²) >= 11 is 0. The number of benzene rings is 1. The van der Waals surface area contributed by atoms with E-state index < -0.39 is 5.41 Å². The zero-order chi connectivity index (χ0) is 22.6. The molecule has 2 heterocycles. The van der Waals surface area contributed by atoms with Gasteiger partial charge in [0.1, 0.15) is 12.4 Å². The number of rotatable bonds is 7. The summed E-state index contributed by atoms with van der Waals surface area (Å²) in [7, 11) is 0. The third-order valence-corrected chi connectivity index (χ3v) is 6.49. The SMILES string of the molecule is CC1(C(=O)Nc2ccccc2OCC2CCCO2)CCC(=N)C(C(=N)c2ccncc2)C1. The maximum atomic E-state index is 13.4. The normalized spacial score (nSPS) is 25.3. The van der Waals surface area contributed by atoms with Crippen molar-refractivity contribution in [3.63, 3.8) is 0 Å². The minimum Gasteiger partial charge on any atom is -0.489 e. The van der Waals surface area contributed by atoms with Crippen LogP contribution in [0.4, 0.5) is 5.69 Å². The van der Waals surface area contributed by atoms with Gasteiger partial charge in [-0.2, -0.15) is 0 Å². The molecule has 1 aliphatic heterocycles. The molecular formula is C25H30N4O3. The van der Waals surface area contributed by atoms with Crippen LogP contribution in [0.25, 0.3) is 0 Å². The lowest BCUT2D eigenvalue weighted by molar-refractivity contribution is -0.125. The second-order valence-electron chi connectivity index (χ2n) is 8.89. The van der Waals surface area contributed by atoms with E-state index in [9.17, 15) is 4.79 Å². The van der Waals surface area contributed by atoms with Crippen molar-refractivity contribution in [1.29, 1.82) is 10.8 Å². The van der Waals surface area contributed by atoms with Crippen molar-refractivity contribution in [3.05, 3.63) is 54.4 Å². The Bertz CT molecular complexity index is 988. The van der Waals surface area contributed by atoms with Gasteiger partial charge in [-0.3, -0.25) is 9.78 Å². The van der Waals surface area contributed by atoms with Gasteiger partial charge in [-0.15, -0.1) is 0 Å². The molecule has 3 N–H and O–H groups in total. The Hall–Kier alpha value is -3.06. The fourth-order valence-corrected chi connectivity index (χ4v) is 4.40. The highest BCUT2D eigenvalue weighted by Gasteiger charge is 2.42. The number of ether oxygens (including phenoxy) is 2. The number of para-hydroxylation sites is 2. The Morgan fingerprint density at radius 1 is 1.28 bits per heavy atom. The zero-order valence-electron chi connectivity index (χ0n) is 18.4. The van der Waals surface area contributed by atoms with E-state index in [1.54, 1.807) is 24.5 Å². The van der Waals surface area contributed by atoms with Gasteiger partial charge in [-0.05, 0) is 61.9 Å². The number of hydrogen-bond acceptors (Lipinski definition) is 6. The highest BCUT2D eigenvalue weighted by Crippen LogP contribution is 2.40. The van der Waals surface area contributed by atoms with E-state index >= 15 is 0 Å². The van der Waals surface area contributed by atoms with Crippen molar-refractivity contribution in [2.45, 2.75) is 45.1 Å². The van der Waals surface area contributed by atoms with Gasteiger partial charge in [0.05, 0.1) is 11.8 Å². The van der Waals surface area contributed by atoms with Crippen LogP contribution in [0, 0.1) is 22.2 Å². The molecule has 4 rings (SSSR count). The fraction of sp³-hybridized carbons (Fsp3) is 0.440. The molecule has 0 spiro atoms. The number of hydrogen-bond donors (Lipinski definition) is 3. The Morgan fingerprint density at radius 3 is 2.81 bits per heavy atom. The first kappa shape index (κ1) is 22.1. The maximum Gasteiger partial charge on any atom is 0.230 e. The van der Waals surface area contributed by atoms with Gasteiger partial charge >= 0.3 is 0 Å². The molecule has 1 amide bonds. The predicted octanol–water partition coefficient (Wildman–Crippen LogP) is 4.47. The molecule has 1 aromatic heterocycles. The quantitative estimate of drug-likeness (QED) is 0.559. The molecule has 7 heteroatoms. The number of amides is 1. The molecule has 168 valence electrons. The molecule has 7 nitrogen and oxygen atoms in total.